The number of anilines is 1. The minimum Gasteiger partial charge on any atom is -0.318 e. The molecule has 0 spiro atoms. The molecular formula is C16H20FN3O2. The summed E-state index contributed by atoms with van der Waals surface area (Å²) in [4.78, 5) is 23.4. The van der Waals surface area contributed by atoms with E-state index in [1.54, 1.807) is 0 Å². The van der Waals surface area contributed by atoms with Crippen molar-refractivity contribution in [3.8, 4) is 0 Å². The molecule has 118 valence electrons. The van der Waals surface area contributed by atoms with Crippen molar-refractivity contribution in [1.29, 1.82) is 0 Å². The van der Waals surface area contributed by atoms with Gasteiger partial charge in [0, 0.05) is 11.4 Å². The highest BCUT2D eigenvalue weighted by atomic mass is 19.1. The zero-order valence-corrected chi connectivity index (χ0v) is 12.4. The van der Waals surface area contributed by atoms with E-state index in [2.05, 4.69) is 15.8 Å². The second kappa shape index (κ2) is 8.26. The Bertz CT molecular complexity index is 545. The van der Waals surface area contributed by atoms with Crippen molar-refractivity contribution in [2.24, 2.45) is 5.10 Å². The lowest BCUT2D eigenvalue weighted by atomic mass is 9.99. The lowest BCUT2D eigenvalue weighted by molar-refractivity contribution is -0.136. The van der Waals surface area contributed by atoms with Crippen molar-refractivity contribution >= 4 is 23.2 Å². The number of halogens is 1. The van der Waals surface area contributed by atoms with Crippen LogP contribution in [0, 0.1) is 5.82 Å². The average molecular weight is 305 g/mol. The Morgan fingerprint density at radius 3 is 2.14 bits per heavy atom. The predicted molar refractivity (Wildman–Crippen MR) is 82.9 cm³/mol. The van der Waals surface area contributed by atoms with Crippen LogP contribution in [0.25, 0.3) is 0 Å². The number of nitrogens with one attached hydrogen (secondary N) is 2. The number of rotatable bonds is 2. The molecule has 1 saturated carbocycles. The molecule has 22 heavy (non-hydrogen) atoms. The monoisotopic (exact) mass is 305 g/mol. The zero-order chi connectivity index (χ0) is 15.8. The van der Waals surface area contributed by atoms with Gasteiger partial charge in [-0.1, -0.05) is 19.3 Å². The summed E-state index contributed by atoms with van der Waals surface area (Å²) >= 11 is 0. The molecular weight excluding hydrogens is 285 g/mol. The van der Waals surface area contributed by atoms with Gasteiger partial charge in [0.15, 0.2) is 0 Å². The summed E-state index contributed by atoms with van der Waals surface area (Å²) in [5.41, 5.74) is 3.59. The van der Waals surface area contributed by atoms with Crippen LogP contribution in [0.4, 0.5) is 10.1 Å². The maximum absolute atomic E-state index is 12.8. The molecule has 0 saturated heterocycles. The Morgan fingerprint density at radius 1 is 0.909 bits per heavy atom. The number of amides is 2. The third-order valence-electron chi connectivity index (χ3n) is 3.55. The van der Waals surface area contributed by atoms with E-state index < -0.39 is 17.6 Å². The molecule has 1 aromatic carbocycles. The first-order valence-electron chi connectivity index (χ1n) is 7.57. The lowest BCUT2D eigenvalue weighted by Gasteiger charge is -2.11. The largest absolute Gasteiger partial charge is 0.329 e. The van der Waals surface area contributed by atoms with E-state index in [0.717, 1.165) is 31.4 Å². The van der Waals surface area contributed by atoms with E-state index in [9.17, 15) is 14.0 Å². The molecule has 2 N–H and O–H groups in total. The van der Waals surface area contributed by atoms with E-state index in [4.69, 9.17) is 0 Å². The lowest BCUT2D eigenvalue weighted by Crippen LogP contribution is -2.33. The standard InChI is InChI=1S/C16H20FN3O2/c17-12-8-10-13(11-9-12)18-15(21)16(22)20-19-14-6-4-2-1-3-5-7-14/h8-11H,1-7H2,(H,18,21)(H,20,22). The van der Waals surface area contributed by atoms with Gasteiger partial charge in [0.25, 0.3) is 0 Å². The summed E-state index contributed by atoms with van der Waals surface area (Å²) in [5, 5.41) is 6.45. The van der Waals surface area contributed by atoms with Crippen LogP contribution in [-0.2, 0) is 9.59 Å². The van der Waals surface area contributed by atoms with Gasteiger partial charge in [-0.05, 0) is 49.9 Å². The fourth-order valence-corrected chi connectivity index (χ4v) is 2.33. The smallest absolute Gasteiger partial charge is 0.318 e. The molecule has 5 nitrogen and oxygen atoms in total. The summed E-state index contributed by atoms with van der Waals surface area (Å²) < 4.78 is 12.8. The SMILES string of the molecule is O=C(NN=C1CCCCCCC1)C(=O)Nc1ccc(F)cc1. The van der Waals surface area contributed by atoms with E-state index >= 15 is 0 Å². The van der Waals surface area contributed by atoms with Crippen molar-refractivity contribution in [2.75, 3.05) is 5.32 Å². The van der Waals surface area contributed by atoms with E-state index in [-0.39, 0.29) is 0 Å². The fraction of sp³-hybridized carbons (Fsp3) is 0.438. The van der Waals surface area contributed by atoms with Gasteiger partial charge in [-0.25, -0.2) is 9.82 Å². The van der Waals surface area contributed by atoms with Gasteiger partial charge in [-0.2, -0.15) is 5.10 Å². The third-order valence-corrected chi connectivity index (χ3v) is 3.55. The van der Waals surface area contributed by atoms with Crippen LogP contribution in [0.2, 0.25) is 0 Å². The number of carbonyl (C=O) groups excluding carboxylic acids is 2. The quantitative estimate of drug-likeness (QED) is 0.651. The van der Waals surface area contributed by atoms with E-state index in [1.807, 2.05) is 0 Å². The van der Waals surface area contributed by atoms with Crippen LogP contribution >= 0.6 is 0 Å². The van der Waals surface area contributed by atoms with Gasteiger partial charge in [0.05, 0.1) is 0 Å². The highest BCUT2D eigenvalue weighted by molar-refractivity contribution is 6.39. The minimum absolute atomic E-state index is 0.361. The Labute approximate surface area is 129 Å². The predicted octanol–water partition coefficient (Wildman–Crippen LogP) is 2.98. The van der Waals surface area contributed by atoms with Crippen LogP contribution in [0.3, 0.4) is 0 Å². The average Bonchev–Trinajstić information content (AvgIpc) is 2.48. The number of benzene rings is 1. The fourth-order valence-electron chi connectivity index (χ4n) is 2.33. The van der Waals surface area contributed by atoms with Gasteiger partial charge in [0.2, 0.25) is 0 Å². The molecule has 0 radical (unpaired) electrons. The van der Waals surface area contributed by atoms with Gasteiger partial charge in [-0.3, -0.25) is 9.59 Å². The second-order valence-corrected chi connectivity index (χ2v) is 5.35. The molecule has 1 fully saturated rings. The first-order valence-corrected chi connectivity index (χ1v) is 7.57. The summed E-state index contributed by atoms with van der Waals surface area (Å²) in [7, 11) is 0. The molecule has 1 aliphatic rings. The van der Waals surface area contributed by atoms with Crippen molar-refractivity contribution < 1.29 is 14.0 Å². The van der Waals surface area contributed by atoms with Gasteiger partial charge >= 0.3 is 11.8 Å². The third kappa shape index (κ3) is 5.27. The Balaban J connectivity index is 1.85. The molecule has 0 atom stereocenters. The Hall–Kier alpha value is -2.24. The summed E-state index contributed by atoms with van der Waals surface area (Å²) in [5.74, 6) is -2.04. The molecule has 0 heterocycles. The molecule has 1 aromatic rings. The first-order chi connectivity index (χ1) is 10.6. The van der Waals surface area contributed by atoms with Crippen LogP contribution < -0.4 is 10.7 Å². The number of hydrogen-bond donors (Lipinski definition) is 2. The van der Waals surface area contributed by atoms with Crippen LogP contribution in [0.1, 0.15) is 44.9 Å². The number of nitrogens with zero attached hydrogens (tertiary/aromatic N) is 1. The number of carbonyl (C=O) groups is 2. The molecule has 0 bridgehead atoms. The van der Waals surface area contributed by atoms with Gasteiger partial charge < -0.3 is 5.32 Å². The second-order valence-electron chi connectivity index (χ2n) is 5.35. The Morgan fingerprint density at radius 2 is 1.50 bits per heavy atom. The molecule has 1 aliphatic carbocycles. The topological polar surface area (TPSA) is 70.6 Å². The molecule has 0 aromatic heterocycles. The maximum Gasteiger partial charge on any atom is 0.329 e. The summed E-state index contributed by atoms with van der Waals surface area (Å²) in [6.45, 7) is 0. The minimum atomic E-state index is -0.820. The highest BCUT2D eigenvalue weighted by Crippen LogP contribution is 2.14. The molecule has 6 heteroatoms. The maximum atomic E-state index is 12.8. The van der Waals surface area contributed by atoms with Gasteiger partial charge in [0.1, 0.15) is 5.82 Å². The van der Waals surface area contributed by atoms with Crippen molar-refractivity contribution in [3.63, 3.8) is 0 Å². The van der Waals surface area contributed by atoms with Crippen LogP contribution in [0.15, 0.2) is 29.4 Å². The summed E-state index contributed by atoms with van der Waals surface area (Å²) in [6, 6.07) is 5.20. The van der Waals surface area contributed by atoms with E-state index in [1.165, 1.54) is 43.5 Å². The Kier molecular flexibility index (Phi) is 6.06. The van der Waals surface area contributed by atoms with Gasteiger partial charge in [-0.15, -0.1) is 0 Å². The van der Waals surface area contributed by atoms with Crippen molar-refractivity contribution in [2.45, 2.75) is 44.9 Å². The highest BCUT2D eigenvalue weighted by Gasteiger charge is 2.14. The van der Waals surface area contributed by atoms with Crippen LogP contribution in [-0.4, -0.2) is 17.5 Å². The molecule has 0 unspecified atom stereocenters. The molecule has 2 rings (SSSR count). The van der Waals surface area contributed by atoms with Crippen molar-refractivity contribution in [1.82, 2.24) is 5.43 Å². The van der Waals surface area contributed by atoms with Crippen LogP contribution in [0.5, 0.6) is 0 Å². The van der Waals surface area contributed by atoms with Crippen molar-refractivity contribution in [3.05, 3.63) is 30.1 Å². The van der Waals surface area contributed by atoms with E-state index in [0.29, 0.717) is 5.69 Å². The zero-order valence-electron chi connectivity index (χ0n) is 12.4. The normalized spacial score (nSPS) is 15.4. The molecule has 2 amide bonds. The number of hydrazone groups is 1. The molecule has 0 aliphatic heterocycles. The first kappa shape index (κ1) is 16.1. The summed E-state index contributed by atoms with van der Waals surface area (Å²) in [6.07, 6.45) is 7.46. The number of hydrogen-bond acceptors (Lipinski definition) is 3.